The number of nitrogens with zero attached hydrogens (tertiary/aromatic N) is 2. The van der Waals surface area contributed by atoms with Crippen LogP contribution in [-0.4, -0.2) is 102 Å². The molecule has 4 aromatic carbocycles. The summed E-state index contributed by atoms with van der Waals surface area (Å²) in [6.07, 6.45) is 0.0388. The van der Waals surface area contributed by atoms with Gasteiger partial charge in [-0.1, -0.05) is 130 Å². The Morgan fingerprint density at radius 1 is 0.684 bits per heavy atom. The zero-order valence-electron chi connectivity index (χ0n) is 45.1. The molecule has 0 aliphatic carbocycles. The molecule has 420 valence electrons. The molecule has 1 aromatic heterocycles. The lowest BCUT2D eigenvalue weighted by Gasteiger charge is -2.32. The zero-order valence-corrected chi connectivity index (χ0v) is 45.1. The normalized spacial score (nSPS) is 12.0. The molecule has 0 aliphatic rings. The number of unbranched alkanes of at least 4 members (excludes halogenated alkanes) is 2. The second-order valence-electron chi connectivity index (χ2n) is 18.9. The second-order valence-corrected chi connectivity index (χ2v) is 18.9. The van der Waals surface area contributed by atoms with Crippen molar-refractivity contribution in [1.82, 2.24) is 25.9 Å². The van der Waals surface area contributed by atoms with E-state index in [4.69, 9.17) is 32.9 Å². The number of hydroxylamine groups is 2. The van der Waals surface area contributed by atoms with Crippen LogP contribution in [0.15, 0.2) is 126 Å². The molecule has 0 radical (unpaired) electrons. The van der Waals surface area contributed by atoms with Crippen LogP contribution in [0.25, 0.3) is 11.3 Å². The van der Waals surface area contributed by atoms with Gasteiger partial charge in [0.05, 0.1) is 30.6 Å². The van der Waals surface area contributed by atoms with Gasteiger partial charge in [-0.2, -0.15) is 5.06 Å². The molecule has 6 amide bonds. The van der Waals surface area contributed by atoms with E-state index in [0.29, 0.717) is 27.5 Å². The molecule has 3 atom stereocenters. The van der Waals surface area contributed by atoms with Crippen LogP contribution in [0, 0.1) is 5.92 Å². The highest BCUT2D eigenvalue weighted by atomic mass is 16.7. The van der Waals surface area contributed by atoms with Crippen LogP contribution in [0.5, 0.6) is 5.75 Å². The van der Waals surface area contributed by atoms with Crippen molar-refractivity contribution in [3.05, 3.63) is 149 Å². The second kappa shape index (κ2) is 30.7. The average Bonchev–Trinajstić information content (AvgIpc) is 3.96. The fraction of sp³-hybridized carbons (Fsp3) is 0.362. The first kappa shape index (κ1) is 60.9. The number of ether oxygens (including phenoxy) is 5. The Balaban J connectivity index is 1.31. The Bertz CT molecular complexity index is 2840. The highest BCUT2D eigenvalue weighted by Gasteiger charge is 2.36. The molecule has 0 unspecified atom stereocenters. The molecule has 3 N–H and O–H groups in total. The quantitative estimate of drug-likeness (QED) is 0.0106. The Hall–Kier alpha value is -9.01. The number of furan rings is 1. The molecule has 0 spiro atoms. The Morgan fingerprint density at radius 3 is 1.85 bits per heavy atom. The van der Waals surface area contributed by atoms with Crippen molar-refractivity contribution in [1.29, 1.82) is 0 Å². The number of nitrogens with one attached hydrogen (secondary N) is 3. The smallest absolute Gasteiger partial charge is 0.443 e. The molecule has 21 nitrogen and oxygen atoms in total. The monoisotopic (exact) mass is 1090 g/mol. The van der Waals surface area contributed by atoms with E-state index in [1.807, 2.05) is 13.0 Å². The third-order valence-corrected chi connectivity index (χ3v) is 11.8. The molecule has 0 fully saturated rings. The fourth-order valence-electron chi connectivity index (χ4n) is 7.64. The number of benzene rings is 4. The van der Waals surface area contributed by atoms with E-state index in [9.17, 15) is 43.2 Å². The molecular formula is C58H67N5O16. The van der Waals surface area contributed by atoms with Crippen LogP contribution in [0.3, 0.4) is 0 Å². The van der Waals surface area contributed by atoms with Crippen LogP contribution in [0.1, 0.15) is 111 Å². The number of carbonyl (C=O) groups excluding carboxylic acids is 9. The van der Waals surface area contributed by atoms with E-state index in [-0.39, 0.29) is 74.1 Å². The minimum Gasteiger partial charge on any atom is -0.481 e. The molecule has 1 heterocycles. The number of amides is 6. The van der Waals surface area contributed by atoms with Crippen LogP contribution in [-0.2, 0) is 67.6 Å². The average molecular weight is 1090 g/mol. The highest BCUT2D eigenvalue weighted by Crippen LogP contribution is 2.30. The summed E-state index contributed by atoms with van der Waals surface area (Å²) in [6, 6.07) is 31.1. The molecule has 0 saturated heterocycles. The summed E-state index contributed by atoms with van der Waals surface area (Å²) in [7, 11) is 1.12. The van der Waals surface area contributed by atoms with Crippen LogP contribution in [0.4, 0.5) is 9.59 Å². The minimum absolute atomic E-state index is 0.0596. The summed E-state index contributed by atoms with van der Waals surface area (Å²) < 4.78 is 33.4. The lowest BCUT2D eigenvalue weighted by Crippen LogP contribution is -2.50. The van der Waals surface area contributed by atoms with Crippen molar-refractivity contribution in [2.45, 2.75) is 111 Å². The van der Waals surface area contributed by atoms with Gasteiger partial charge in [0.25, 0.3) is 11.8 Å². The lowest BCUT2D eigenvalue weighted by molar-refractivity contribution is -0.172. The minimum atomic E-state index is -1.53. The number of hydrogen-bond donors (Lipinski definition) is 3. The van der Waals surface area contributed by atoms with Crippen molar-refractivity contribution in [2.75, 3.05) is 20.3 Å². The first-order valence-electron chi connectivity index (χ1n) is 25.6. The standard InChI is InChI=1S/C58H67N5O16/c1-7-9-13-26-43(46(8-2)63(38-64)79-57(72)62(6)56(71)78-58(3,4)5)52(67)59-37-60-54(69)48-30-29-47(77-48)42-27-28-44(49(31-42)73-36-51(66)75-34-40-22-16-11-17-23-40)53(68)61-45(55(70)76-35-41-24-18-12-19-25-41)32-50(65)74-33-39-20-14-10-15-21-39/h10-12,14-25,27-31,38,43,45-46H,7-9,13,26,32-37H2,1-6H3,(H,59,67)(H,60,69)(H,61,68)/t43-,45+,46-/m1/s1. The van der Waals surface area contributed by atoms with Gasteiger partial charge in [0.1, 0.15) is 43.0 Å². The van der Waals surface area contributed by atoms with Crippen molar-refractivity contribution < 1.29 is 76.1 Å². The number of hydrogen-bond acceptors (Lipinski definition) is 16. The van der Waals surface area contributed by atoms with E-state index in [0.717, 1.165) is 25.5 Å². The molecule has 5 rings (SSSR count). The summed E-state index contributed by atoms with van der Waals surface area (Å²) in [5.41, 5.74) is 1.26. The van der Waals surface area contributed by atoms with Gasteiger partial charge in [-0.05, 0) is 74.6 Å². The topological polar surface area (TPSA) is 265 Å². The molecule has 5 aromatic rings. The first-order valence-corrected chi connectivity index (χ1v) is 25.6. The highest BCUT2D eigenvalue weighted by molar-refractivity contribution is 6.00. The predicted molar refractivity (Wildman–Crippen MR) is 285 cm³/mol. The molecule has 21 heteroatoms. The number of rotatable bonds is 28. The van der Waals surface area contributed by atoms with E-state index in [1.54, 1.807) is 113 Å². The molecular weight excluding hydrogens is 1020 g/mol. The third kappa shape index (κ3) is 19.8. The van der Waals surface area contributed by atoms with Gasteiger partial charge in [0.15, 0.2) is 12.4 Å². The van der Waals surface area contributed by atoms with Gasteiger partial charge < -0.3 is 48.9 Å². The summed E-state index contributed by atoms with van der Waals surface area (Å²) in [5, 5.41) is 8.49. The molecule has 79 heavy (non-hydrogen) atoms. The number of carbonyl (C=O) groups is 9. The summed E-state index contributed by atoms with van der Waals surface area (Å²) in [5.74, 6) is -5.86. The van der Waals surface area contributed by atoms with Crippen LogP contribution >= 0.6 is 0 Å². The molecule has 0 saturated carbocycles. The van der Waals surface area contributed by atoms with Crippen molar-refractivity contribution in [3.63, 3.8) is 0 Å². The van der Waals surface area contributed by atoms with Gasteiger partial charge in [0.2, 0.25) is 12.3 Å². The first-order chi connectivity index (χ1) is 37.9. The van der Waals surface area contributed by atoms with E-state index in [1.165, 1.54) is 30.3 Å². The SMILES string of the molecule is CCCCC[C@@H](C(=O)NCNC(=O)c1ccc(-c2ccc(C(=O)N[C@@H](CC(=O)OCc3ccccc3)C(=O)OCc3ccccc3)c(OCC(=O)OCc3ccccc3)c2)o1)[C@@H](CC)N(C=O)OC(=O)N(C)C(=O)OC(C)(C)C. The summed E-state index contributed by atoms with van der Waals surface area (Å²) in [4.78, 5) is 125. The van der Waals surface area contributed by atoms with E-state index >= 15 is 0 Å². The van der Waals surface area contributed by atoms with Gasteiger partial charge in [-0.15, -0.1) is 0 Å². The lowest BCUT2D eigenvalue weighted by atomic mass is 9.90. The molecule has 0 bridgehead atoms. The number of esters is 3. The van der Waals surface area contributed by atoms with Gasteiger partial charge >= 0.3 is 30.1 Å². The van der Waals surface area contributed by atoms with Crippen molar-refractivity contribution >= 4 is 54.2 Å². The Kier molecular flexibility index (Phi) is 23.6. The number of imide groups is 1. The molecule has 0 aliphatic heterocycles. The third-order valence-electron chi connectivity index (χ3n) is 11.8. The summed E-state index contributed by atoms with van der Waals surface area (Å²) >= 11 is 0. The zero-order chi connectivity index (χ0) is 57.3. The van der Waals surface area contributed by atoms with Gasteiger partial charge in [0, 0.05) is 12.6 Å². The predicted octanol–water partition coefficient (Wildman–Crippen LogP) is 8.20. The van der Waals surface area contributed by atoms with Crippen LogP contribution < -0.4 is 20.7 Å². The van der Waals surface area contributed by atoms with Crippen LogP contribution in [0.2, 0.25) is 0 Å². The summed E-state index contributed by atoms with van der Waals surface area (Å²) in [6.45, 7) is 7.17. The fourth-order valence-corrected chi connectivity index (χ4v) is 7.64. The Labute approximate surface area is 458 Å². The van der Waals surface area contributed by atoms with Crippen molar-refractivity contribution in [2.24, 2.45) is 5.92 Å². The van der Waals surface area contributed by atoms with E-state index < -0.39 is 84.4 Å². The maximum Gasteiger partial charge on any atom is 0.443 e. The Morgan fingerprint density at radius 2 is 1.28 bits per heavy atom. The van der Waals surface area contributed by atoms with Gasteiger partial charge in [-0.25, -0.2) is 24.1 Å². The van der Waals surface area contributed by atoms with Crippen molar-refractivity contribution in [3.8, 4) is 17.1 Å². The van der Waals surface area contributed by atoms with Gasteiger partial charge in [-0.3, -0.25) is 24.0 Å². The largest absolute Gasteiger partial charge is 0.481 e. The maximum absolute atomic E-state index is 14.2. The maximum atomic E-state index is 14.2. The van der Waals surface area contributed by atoms with E-state index in [2.05, 4.69) is 16.0 Å².